The Labute approximate surface area is 127 Å². The first-order valence-corrected chi connectivity index (χ1v) is 6.57. The highest BCUT2D eigenvalue weighted by atomic mass is 79.9. The highest BCUT2D eigenvalue weighted by Crippen LogP contribution is 2.22. The summed E-state index contributed by atoms with van der Waals surface area (Å²) in [4.78, 5) is 23.1. The molecule has 0 unspecified atom stereocenters. The van der Waals surface area contributed by atoms with Gasteiger partial charge in [-0.1, -0.05) is 0 Å². The van der Waals surface area contributed by atoms with Crippen LogP contribution in [0.4, 0.5) is 15.8 Å². The van der Waals surface area contributed by atoms with E-state index in [1.165, 1.54) is 24.3 Å². The fourth-order valence-corrected chi connectivity index (χ4v) is 2.11. The molecule has 0 aliphatic carbocycles. The summed E-state index contributed by atoms with van der Waals surface area (Å²) >= 11 is 3.10. The molecule has 21 heavy (non-hydrogen) atoms. The first-order valence-electron chi connectivity index (χ1n) is 5.77. The zero-order chi connectivity index (χ0) is 15.6. The van der Waals surface area contributed by atoms with Crippen LogP contribution in [-0.2, 0) is 0 Å². The zero-order valence-electron chi connectivity index (χ0n) is 10.6. The van der Waals surface area contributed by atoms with Crippen LogP contribution in [0.3, 0.4) is 0 Å². The molecule has 4 N–H and O–H groups in total. The Morgan fingerprint density at radius 2 is 1.86 bits per heavy atom. The molecule has 5 nitrogen and oxygen atoms in total. The molecule has 0 bridgehead atoms. The summed E-state index contributed by atoms with van der Waals surface area (Å²) in [6, 6.07) is 7.75. The second-order valence-electron chi connectivity index (χ2n) is 4.19. The number of nitrogen functional groups attached to an aromatic ring is 1. The first kappa shape index (κ1) is 15.0. The van der Waals surface area contributed by atoms with Gasteiger partial charge in [-0.2, -0.15) is 0 Å². The quantitative estimate of drug-likeness (QED) is 0.740. The number of carbonyl (C=O) groups is 2. The van der Waals surface area contributed by atoms with E-state index in [1.807, 2.05) is 0 Å². The van der Waals surface area contributed by atoms with Crippen LogP contribution >= 0.6 is 15.9 Å². The van der Waals surface area contributed by atoms with Crippen molar-refractivity contribution in [2.75, 3.05) is 11.1 Å². The van der Waals surface area contributed by atoms with Crippen molar-refractivity contribution in [2.45, 2.75) is 0 Å². The highest BCUT2D eigenvalue weighted by Gasteiger charge is 2.14. The summed E-state index contributed by atoms with van der Waals surface area (Å²) in [5, 5.41) is 11.5. The standard InChI is InChI=1S/C14H10BrFN2O3/c15-11-3-2-8(6-9(11)14(20)21)18-13(19)10-5-7(16)1-4-12(10)17/h1-6H,17H2,(H,18,19)(H,20,21). The van der Waals surface area contributed by atoms with Crippen molar-refractivity contribution >= 4 is 39.2 Å². The fourth-order valence-electron chi connectivity index (χ4n) is 1.69. The van der Waals surface area contributed by atoms with Crippen molar-refractivity contribution in [3.8, 4) is 0 Å². The molecule has 7 heteroatoms. The Hall–Kier alpha value is -2.41. The molecule has 2 aromatic rings. The minimum absolute atomic E-state index is 0.0000131. The van der Waals surface area contributed by atoms with Crippen LogP contribution in [0.2, 0.25) is 0 Å². The van der Waals surface area contributed by atoms with Crippen molar-refractivity contribution in [1.82, 2.24) is 0 Å². The number of carbonyl (C=O) groups excluding carboxylic acids is 1. The average molecular weight is 353 g/mol. The smallest absolute Gasteiger partial charge is 0.336 e. The van der Waals surface area contributed by atoms with Crippen molar-refractivity contribution in [1.29, 1.82) is 0 Å². The molecule has 2 rings (SSSR count). The Balaban J connectivity index is 2.29. The lowest BCUT2D eigenvalue weighted by atomic mass is 10.1. The number of hydrogen-bond acceptors (Lipinski definition) is 3. The van der Waals surface area contributed by atoms with Gasteiger partial charge in [0.05, 0.1) is 11.1 Å². The van der Waals surface area contributed by atoms with Crippen LogP contribution in [0.25, 0.3) is 0 Å². The molecule has 2 aromatic carbocycles. The van der Waals surface area contributed by atoms with E-state index in [4.69, 9.17) is 10.8 Å². The number of aromatic carboxylic acids is 1. The van der Waals surface area contributed by atoms with Crippen molar-refractivity contribution in [2.24, 2.45) is 0 Å². The fraction of sp³-hybridized carbons (Fsp3) is 0. The highest BCUT2D eigenvalue weighted by molar-refractivity contribution is 9.10. The van der Waals surface area contributed by atoms with Crippen molar-refractivity contribution in [3.05, 3.63) is 57.8 Å². The van der Waals surface area contributed by atoms with Crippen molar-refractivity contribution in [3.63, 3.8) is 0 Å². The topological polar surface area (TPSA) is 92.4 Å². The molecular weight excluding hydrogens is 343 g/mol. The van der Waals surface area contributed by atoms with Crippen LogP contribution in [-0.4, -0.2) is 17.0 Å². The maximum absolute atomic E-state index is 13.1. The Bertz CT molecular complexity index is 734. The Morgan fingerprint density at radius 1 is 1.14 bits per heavy atom. The third-order valence-electron chi connectivity index (χ3n) is 2.71. The Kier molecular flexibility index (Phi) is 4.23. The number of hydrogen-bond donors (Lipinski definition) is 3. The van der Waals surface area contributed by atoms with Gasteiger partial charge in [0, 0.05) is 15.8 Å². The van der Waals surface area contributed by atoms with E-state index in [1.54, 1.807) is 0 Å². The van der Waals surface area contributed by atoms with E-state index in [0.29, 0.717) is 4.47 Å². The number of carboxylic acids is 1. The lowest BCUT2D eigenvalue weighted by Crippen LogP contribution is -2.15. The lowest BCUT2D eigenvalue weighted by Gasteiger charge is -2.09. The van der Waals surface area contributed by atoms with E-state index in [0.717, 1.165) is 12.1 Å². The van der Waals surface area contributed by atoms with E-state index in [9.17, 15) is 14.0 Å². The number of halogens is 2. The second kappa shape index (κ2) is 5.92. The van der Waals surface area contributed by atoms with Crippen LogP contribution in [0.5, 0.6) is 0 Å². The summed E-state index contributed by atoms with van der Waals surface area (Å²) in [6.07, 6.45) is 0. The maximum atomic E-state index is 13.1. The molecule has 0 aliphatic rings. The van der Waals surface area contributed by atoms with Gasteiger partial charge in [-0.3, -0.25) is 4.79 Å². The molecule has 0 aromatic heterocycles. The summed E-state index contributed by atoms with van der Waals surface area (Å²) in [5.41, 5.74) is 6.00. The van der Waals surface area contributed by atoms with E-state index < -0.39 is 17.7 Å². The largest absolute Gasteiger partial charge is 0.478 e. The van der Waals surface area contributed by atoms with Gasteiger partial charge < -0.3 is 16.2 Å². The molecule has 0 saturated carbocycles. The number of rotatable bonds is 3. The second-order valence-corrected chi connectivity index (χ2v) is 5.04. The summed E-state index contributed by atoms with van der Waals surface area (Å²) < 4.78 is 13.5. The minimum Gasteiger partial charge on any atom is -0.478 e. The van der Waals surface area contributed by atoms with Gasteiger partial charge >= 0.3 is 5.97 Å². The molecule has 0 saturated heterocycles. The van der Waals surface area contributed by atoms with Crippen molar-refractivity contribution < 1.29 is 19.1 Å². The first-order chi connectivity index (χ1) is 9.88. The maximum Gasteiger partial charge on any atom is 0.336 e. The third-order valence-corrected chi connectivity index (χ3v) is 3.41. The zero-order valence-corrected chi connectivity index (χ0v) is 12.1. The number of carboxylic acid groups (broad SMARTS) is 1. The molecule has 1 amide bonds. The predicted molar refractivity (Wildman–Crippen MR) is 79.9 cm³/mol. The van der Waals surface area contributed by atoms with Gasteiger partial charge in [0.15, 0.2) is 0 Å². The predicted octanol–water partition coefficient (Wildman–Crippen LogP) is 3.12. The van der Waals surface area contributed by atoms with E-state index >= 15 is 0 Å². The van der Waals surface area contributed by atoms with Gasteiger partial charge in [0.2, 0.25) is 0 Å². The minimum atomic E-state index is -1.14. The molecule has 0 aliphatic heterocycles. The summed E-state index contributed by atoms with van der Waals surface area (Å²) in [7, 11) is 0. The molecule has 0 heterocycles. The third kappa shape index (κ3) is 3.38. The van der Waals surface area contributed by atoms with Gasteiger partial charge in [-0.25, -0.2) is 9.18 Å². The van der Waals surface area contributed by atoms with Gasteiger partial charge in [-0.15, -0.1) is 0 Å². The van der Waals surface area contributed by atoms with Gasteiger partial charge in [0.1, 0.15) is 5.82 Å². The van der Waals surface area contributed by atoms with Crippen LogP contribution < -0.4 is 11.1 Å². The number of amides is 1. The van der Waals surface area contributed by atoms with Gasteiger partial charge in [0.25, 0.3) is 5.91 Å². The molecule has 108 valence electrons. The van der Waals surface area contributed by atoms with E-state index in [-0.39, 0.29) is 22.5 Å². The average Bonchev–Trinajstić information content (AvgIpc) is 2.43. The summed E-state index contributed by atoms with van der Waals surface area (Å²) in [5.74, 6) is -2.34. The molecule has 0 radical (unpaired) electrons. The van der Waals surface area contributed by atoms with Crippen LogP contribution in [0, 0.1) is 5.82 Å². The molecular formula is C14H10BrFN2O3. The number of nitrogens with two attached hydrogens (primary N) is 1. The normalized spacial score (nSPS) is 10.2. The molecule has 0 spiro atoms. The number of nitrogens with one attached hydrogen (secondary N) is 1. The van der Waals surface area contributed by atoms with Gasteiger partial charge in [-0.05, 0) is 52.3 Å². The lowest BCUT2D eigenvalue weighted by molar-refractivity contribution is 0.0695. The SMILES string of the molecule is Nc1ccc(F)cc1C(=O)Nc1ccc(Br)c(C(=O)O)c1. The number of anilines is 2. The molecule has 0 fully saturated rings. The van der Waals surface area contributed by atoms with Crippen LogP contribution in [0.15, 0.2) is 40.9 Å². The summed E-state index contributed by atoms with van der Waals surface area (Å²) in [6.45, 7) is 0. The molecule has 0 atom stereocenters. The monoisotopic (exact) mass is 352 g/mol. The Morgan fingerprint density at radius 3 is 2.52 bits per heavy atom. The van der Waals surface area contributed by atoms with Crippen LogP contribution in [0.1, 0.15) is 20.7 Å². The number of benzene rings is 2. The van der Waals surface area contributed by atoms with E-state index in [2.05, 4.69) is 21.2 Å².